The molecule has 0 aliphatic heterocycles. The minimum Gasteiger partial charge on any atom is -0.493 e. The smallest absolute Gasteiger partial charge is 0.261 e. The Kier molecular flexibility index (Phi) is 8.54. The number of rotatable bonds is 10. The van der Waals surface area contributed by atoms with Gasteiger partial charge in [-0.05, 0) is 49.4 Å². The van der Waals surface area contributed by atoms with Gasteiger partial charge in [0.05, 0.1) is 7.11 Å². The largest absolute Gasteiger partial charge is 0.493 e. The molecule has 1 aliphatic rings. The van der Waals surface area contributed by atoms with E-state index < -0.39 is 6.04 Å². The SMILES string of the molecule is CC[C@H](C(=O)NC1CCCC1)N(Cc1ccccc1C)C(=O)COc1ccccc1OC. The summed E-state index contributed by atoms with van der Waals surface area (Å²) in [5, 5.41) is 3.16. The van der Waals surface area contributed by atoms with Gasteiger partial charge in [-0.1, -0.05) is 56.2 Å². The van der Waals surface area contributed by atoms with Crippen LogP contribution in [0.4, 0.5) is 0 Å². The van der Waals surface area contributed by atoms with Crippen molar-refractivity contribution in [2.75, 3.05) is 13.7 Å². The number of aryl methyl sites for hydroxylation is 1. The van der Waals surface area contributed by atoms with Crippen molar-refractivity contribution in [1.82, 2.24) is 10.2 Å². The molecule has 0 saturated heterocycles. The van der Waals surface area contributed by atoms with E-state index in [1.54, 1.807) is 24.1 Å². The molecule has 172 valence electrons. The maximum Gasteiger partial charge on any atom is 0.261 e. The summed E-state index contributed by atoms with van der Waals surface area (Å²) >= 11 is 0. The molecule has 1 aliphatic carbocycles. The highest BCUT2D eigenvalue weighted by Crippen LogP contribution is 2.26. The molecule has 1 saturated carbocycles. The fraction of sp³-hybridized carbons (Fsp3) is 0.462. The number of ether oxygens (including phenoxy) is 2. The summed E-state index contributed by atoms with van der Waals surface area (Å²) in [5.41, 5.74) is 2.10. The van der Waals surface area contributed by atoms with Crippen LogP contribution >= 0.6 is 0 Å². The molecule has 3 rings (SSSR count). The van der Waals surface area contributed by atoms with E-state index in [4.69, 9.17) is 9.47 Å². The van der Waals surface area contributed by atoms with Crippen molar-refractivity contribution in [1.29, 1.82) is 0 Å². The van der Waals surface area contributed by atoms with Gasteiger partial charge in [0, 0.05) is 12.6 Å². The fourth-order valence-corrected chi connectivity index (χ4v) is 4.22. The Bertz CT molecular complexity index is 908. The molecule has 0 aromatic heterocycles. The van der Waals surface area contributed by atoms with Gasteiger partial charge in [-0.15, -0.1) is 0 Å². The second-order valence-electron chi connectivity index (χ2n) is 8.30. The number of benzene rings is 2. The molecule has 0 heterocycles. The summed E-state index contributed by atoms with van der Waals surface area (Å²) in [6.45, 7) is 4.15. The third kappa shape index (κ3) is 6.02. The van der Waals surface area contributed by atoms with Crippen LogP contribution in [0.3, 0.4) is 0 Å². The zero-order valence-electron chi connectivity index (χ0n) is 19.3. The fourth-order valence-electron chi connectivity index (χ4n) is 4.22. The Balaban J connectivity index is 1.78. The Morgan fingerprint density at radius 2 is 1.72 bits per heavy atom. The van der Waals surface area contributed by atoms with Gasteiger partial charge < -0.3 is 19.7 Å². The zero-order chi connectivity index (χ0) is 22.9. The molecule has 0 radical (unpaired) electrons. The molecule has 0 bridgehead atoms. The lowest BCUT2D eigenvalue weighted by atomic mass is 10.1. The first kappa shape index (κ1) is 23.6. The number of hydrogen-bond donors (Lipinski definition) is 1. The van der Waals surface area contributed by atoms with E-state index in [2.05, 4.69) is 5.32 Å². The maximum atomic E-state index is 13.4. The predicted molar refractivity (Wildman–Crippen MR) is 125 cm³/mol. The highest BCUT2D eigenvalue weighted by atomic mass is 16.5. The van der Waals surface area contributed by atoms with Crippen LogP contribution in [0.15, 0.2) is 48.5 Å². The van der Waals surface area contributed by atoms with Crippen molar-refractivity contribution in [3.63, 3.8) is 0 Å². The van der Waals surface area contributed by atoms with Gasteiger partial charge in [0.2, 0.25) is 5.91 Å². The van der Waals surface area contributed by atoms with Gasteiger partial charge in [0.25, 0.3) is 5.91 Å². The first-order chi connectivity index (χ1) is 15.5. The Hall–Kier alpha value is -3.02. The van der Waals surface area contributed by atoms with E-state index in [1.165, 1.54) is 0 Å². The number of carbonyl (C=O) groups is 2. The summed E-state index contributed by atoms with van der Waals surface area (Å²) < 4.78 is 11.1. The van der Waals surface area contributed by atoms with Crippen LogP contribution < -0.4 is 14.8 Å². The monoisotopic (exact) mass is 438 g/mol. The number of amides is 2. The first-order valence-corrected chi connectivity index (χ1v) is 11.4. The molecule has 1 atom stereocenters. The van der Waals surface area contributed by atoms with Crippen LogP contribution in [0, 0.1) is 6.92 Å². The van der Waals surface area contributed by atoms with Crippen LogP contribution in [0.25, 0.3) is 0 Å². The third-order valence-corrected chi connectivity index (χ3v) is 6.11. The van der Waals surface area contributed by atoms with Gasteiger partial charge in [-0.25, -0.2) is 0 Å². The van der Waals surface area contributed by atoms with Crippen LogP contribution in [0.1, 0.15) is 50.2 Å². The maximum absolute atomic E-state index is 13.4. The lowest BCUT2D eigenvalue weighted by molar-refractivity contribution is -0.143. The number of nitrogens with zero attached hydrogens (tertiary/aromatic N) is 1. The average Bonchev–Trinajstić information content (AvgIpc) is 3.31. The molecular formula is C26H34N2O4. The normalized spacial score (nSPS) is 14.6. The standard InChI is InChI=1S/C26H34N2O4/c1-4-22(26(30)27-21-13-7-8-14-21)28(17-20-12-6-5-11-19(20)2)25(29)18-32-24-16-10-9-15-23(24)31-3/h5-6,9-12,15-16,21-22H,4,7-8,13-14,17-18H2,1-3H3,(H,27,30)/t22-/m1/s1. The van der Waals surface area contributed by atoms with Crippen molar-refractivity contribution in [2.45, 2.75) is 64.6 Å². The summed E-state index contributed by atoms with van der Waals surface area (Å²) in [6, 6.07) is 14.8. The van der Waals surface area contributed by atoms with Crippen molar-refractivity contribution in [3.05, 3.63) is 59.7 Å². The number of nitrogens with one attached hydrogen (secondary N) is 1. The topological polar surface area (TPSA) is 67.9 Å². The zero-order valence-corrected chi connectivity index (χ0v) is 19.3. The summed E-state index contributed by atoms with van der Waals surface area (Å²) in [7, 11) is 1.56. The quantitative estimate of drug-likeness (QED) is 0.602. The van der Waals surface area contributed by atoms with Gasteiger partial charge in [0.1, 0.15) is 6.04 Å². The Morgan fingerprint density at radius 3 is 2.38 bits per heavy atom. The molecule has 0 spiro atoms. The van der Waals surface area contributed by atoms with Crippen molar-refractivity contribution in [2.24, 2.45) is 0 Å². The predicted octanol–water partition coefficient (Wildman–Crippen LogP) is 4.25. The molecule has 6 nitrogen and oxygen atoms in total. The van der Waals surface area contributed by atoms with E-state index in [1.807, 2.05) is 50.2 Å². The second kappa shape index (κ2) is 11.6. The Morgan fingerprint density at radius 1 is 1.06 bits per heavy atom. The third-order valence-electron chi connectivity index (χ3n) is 6.11. The van der Waals surface area contributed by atoms with E-state index in [0.29, 0.717) is 24.5 Å². The molecular weight excluding hydrogens is 404 g/mol. The van der Waals surface area contributed by atoms with Crippen LogP contribution in [0.2, 0.25) is 0 Å². The van der Waals surface area contributed by atoms with E-state index >= 15 is 0 Å². The Labute approximate surface area is 190 Å². The number of carbonyl (C=O) groups excluding carboxylic acids is 2. The molecule has 1 fully saturated rings. The highest BCUT2D eigenvalue weighted by Gasteiger charge is 2.31. The first-order valence-electron chi connectivity index (χ1n) is 11.4. The highest BCUT2D eigenvalue weighted by molar-refractivity contribution is 5.88. The van der Waals surface area contributed by atoms with Crippen molar-refractivity contribution >= 4 is 11.8 Å². The molecule has 2 amide bonds. The average molecular weight is 439 g/mol. The molecule has 2 aromatic rings. The van der Waals surface area contributed by atoms with Gasteiger partial charge in [-0.3, -0.25) is 9.59 Å². The lowest BCUT2D eigenvalue weighted by Crippen LogP contribution is -2.52. The molecule has 1 N–H and O–H groups in total. The molecule has 32 heavy (non-hydrogen) atoms. The summed E-state index contributed by atoms with van der Waals surface area (Å²) in [6.07, 6.45) is 4.82. The molecule has 6 heteroatoms. The number of methoxy groups -OCH3 is 1. The van der Waals surface area contributed by atoms with E-state index in [-0.39, 0.29) is 24.5 Å². The van der Waals surface area contributed by atoms with E-state index in [0.717, 1.165) is 36.8 Å². The number of para-hydroxylation sites is 2. The van der Waals surface area contributed by atoms with Crippen LogP contribution in [-0.4, -0.2) is 42.5 Å². The van der Waals surface area contributed by atoms with Crippen LogP contribution in [-0.2, 0) is 16.1 Å². The molecule has 2 aromatic carbocycles. The van der Waals surface area contributed by atoms with E-state index in [9.17, 15) is 9.59 Å². The van der Waals surface area contributed by atoms with Gasteiger partial charge in [-0.2, -0.15) is 0 Å². The lowest BCUT2D eigenvalue weighted by Gasteiger charge is -2.32. The van der Waals surface area contributed by atoms with Crippen molar-refractivity contribution in [3.8, 4) is 11.5 Å². The van der Waals surface area contributed by atoms with Crippen LogP contribution in [0.5, 0.6) is 11.5 Å². The second-order valence-corrected chi connectivity index (χ2v) is 8.30. The van der Waals surface area contributed by atoms with Gasteiger partial charge >= 0.3 is 0 Å². The van der Waals surface area contributed by atoms with Crippen molar-refractivity contribution < 1.29 is 19.1 Å². The summed E-state index contributed by atoms with van der Waals surface area (Å²) in [4.78, 5) is 28.2. The minimum atomic E-state index is -0.552. The number of hydrogen-bond acceptors (Lipinski definition) is 4. The van der Waals surface area contributed by atoms with Gasteiger partial charge in [0.15, 0.2) is 18.1 Å². The summed E-state index contributed by atoms with van der Waals surface area (Å²) in [5.74, 6) is 0.755. The minimum absolute atomic E-state index is 0.0846. The molecule has 0 unspecified atom stereocenters.